The predicted octanol–water partition coefficient (Wildman–Crippen LogP) is -0.845. The van der Waals surface area contributed by atoms with Crippen LogP contribution in [0.3, 0.4) is 0 Å². The Morgan fingerprint density at radius 1 is 1.46 bits per heavy atom. The van der Waals surface area contributed by atoms with Gasteiger partial charge >= 0.3 is 11.9 Å². The number of rotatable bonds is 1. The minimum Gasteiger partial charge on any atom is -0.462 e. The van der Waals surface area contributed by atoms with Crippen molar-refractivity contribution in [1.82, 2.24) is 5.32 Å². The Morgan fingerprint density at radius 2 is 2.15 bits per heavy atom. The van der Waals surface area contributed by atoms with E-state index in [2.05, 4.69) is 10.1 Å². The van der Waals surface area contributed by atoms with Gasteiger partial charge < -0.3 is 15.8 Å². The van der Waals surface area contributed by atoms with E-state index in [0.717, 1.165) is 19.3 Å². The lowest BCUT2D eigenvalue weighted by atomic mass is 10.2. The minimum atomic E-state index is -0.847. The Labute approximate surface area is 76.6 Å². The largest absolute Gasteiger partial charge is 0.462 e. The lowest BCUT2D eigenvalue weighted by Crippen LogP contribution is -2.39. The average molecular weight is 186 g/mol. The van der Waals surface area contributed by atoms with E-state index in [9.17, 15) is 9.59 Å². The second kappa shape index (κ2) is 4.23. The number of esters is 1. The molecule has 1 amide bonds. The Morgan fingerprint density at radius 3 is 2.62 bits per heavy atom. The first kappa shape index (κ1) is 9.98. The molecule has 0 heterocycles. The molecule has 13 heavy (non-hydrogen) atoms. The highest BCUT2D eigenvalue weighted by molar-refractivity contribution is 6.32. The van der Waals surface area contributed by atoms with E-state index >= 15 is 0 Å². The number of nitrogens with two attached hydrogens (primary N) is 1. The highest BCUT2D eigenvalue weighted by Crippen LogP contribution is 2.16. The number of methoxy groups -OCH3 is 1. The molecule has 0 unspecified atom stereocenters. The van der Waals surface area contributed by atoms with Crippen LogP contribution in [-0.4, -0.2) is 31.1 Å². The van der Waals surface area contributed by atoms with E-state index < -0.39 is 11.9 Å². The van der Waals surface area contributed by atoms with Gasteiger partial charge in [0.15, 0.2) is 0 Å². The minimum absolute atomic E-state index is 0.0293. The summed E-state index contributed by atoms with van der Waals surface area (Å²) in [5.41, 5.74) is 5.64. The molecule has 0 aromatic rings. The van der Waals surface area contributed by atoms with Crippen molar-refractivity contribution in [2.75, 3.05) is 7.11 Å². The van der Waals surface area contributed by atoms with Gasteiger partial charge in [0, 0.05) is 12.1 Å². The molecule has 0 aromatic carbocycles. The number of nitrogens with one attached hydrogen (secondary N) is 1. The fourth-order valence-electron chi connectivity index (χ4n) is 1.48. The Balaban J connectivity index is 2.32. The molecule has 5 heteroatoms. The van der Waals surface area contributed by atoms with Gasteiger partial charge in [0.2, 0.25) is 0 Å². The average Bonchev–Trinajstić information content (AvgIpc) is 2.49. The molecular weight excluding hydrogens is 172 g/mol. The summed E-state index contributed by atoms with van der Waals surface area (Å²) in [7, 11) is 1.18. The maximum Gasteiger partial charge on any atom is 0.396 e. The molecule has 0 saturated heterocycles. The third-order valence-corrected chi connectivity index (χ3v) is 2.18. The van der Waals surface area contributed by atoms with Crippen molar-refractivity contribution >= 4 is 11.9 Å². The molecule has 1 rings (SSSR count). The van der Waals surface area contributed by atoms with E-state index in [0.29, 0.717) is 0 Å². The van der Waals surface area contributed by atoms with Gasteiger partial charge in [-0.25, -0.2) is 4.79 Å². The number of carbonyl (C=O) groups is 2. The fourth-order valence-corrected chi connectivity index (χ4v) is 1.48. The molecule has 2 atom stereocenters. The summed E-state index contributed by atoms with van der Waals surface area (Å²) in [6, 6.07) is 0.171. The Hall–Kier alpha value is -1.10. The Bertz CT molecular complexity index is 217. The van der Waals surface area contributed by atoms with Crippen LogP contribution in [0.2, 0.25) is 0 Å². The fraction of sp³-hybridized carbons (Fsp3) is 0.750. The van der Waals surface area contributed by atoms with Crippen molar-refractivity contribution in [2.45, 2.75) is 31.3 Å². The van der Waals surface area contributed by atoms with Crippen molar-refractivity contribution < 1.29 is 14.3 Å². The predicted molar refractivity (Wildman–Crippen MR) is 45.8 cm³/mol. The normalized spacial score (nSPS) is 26.9. The number of hydrogen-bond donors (Lipinski definition) is 2. The third kappa shape index (κ3) is 2.69. The summed E-state index contributed by atoms with van der Waals surface area (Å²) < 4.78 is 4.27. The molecule has 74 valence electrons. The SMILES string of the molecule is COC(=O)C(=O)N[C@@H]1CC[C@H](N)C1. The summed E-state index contributed by atoms with van der Waals surface area (Å²) in [6.45, 7) is 0. The third-order valence-electron chi connectivity index (χ3n) is 2.18. The van der Waals surface area contributed by atoms with E-state index in [1.54, 1.807) is 0 Å². The summed E-state index contributed by atoms with van der Waals surface area (Å²) >= 11 is 0. The lowest BCUT2D eigenvalue weighted by molar-refractivity contribution is -0.153. The molecule has 0 aliphatic heterocycles. The van der Waals surface area contributed by atoms with Crippen LogP contribution in [-0.2, 0) is 14.3 Å². The number of ether oxygens (including phenoxy) is 1. The van der Waals surface area contributed by atoms with Crippen LogP contribution in [0.4, 0.5) is 0 Å². The van der Waals surface area contributed by atoms with Gasteiger partial charge in [-0.15, -0.1) is 0 Å². The number of hydrogen-bond acceptors (Lipinski definition) is 4. The molecule has 1 aliphatic rings. The molecule has 0 bridgehead atoms. The van der Waals surface area contributed by atoms with Crippen LogP contribution in [0.5, 0.6) is 0 Å². The van der Waals surface area contributed by atoms with Crippen LogP contribution in [0.15, 0.2) is 0 Å². The van der Waals surface area contributed by atoms with Crippen LogP contribution in [0.1, 0.15) is 19.3 Å². The molecule has 1 fully saturated rings. The van der Waals surface area contributed by atoms with Gasteiger partial charge in [-0.1, -0.05) is 0 Å². The number of carbonyl (C=O) groups excluding carboxylic acids is 2. The first-order valence-electron chi connectivity index (χ1n) is 4.28. The summed E-state index contributed by atoms with van der Waals surface area (Å²) in [5.74, 6) is -1.53. The molecule has 1 saturated carbocycles. The highest BCUT2D eigenvalue weighted by atomic mass is 16.5. The summed E-state index contributed by atoms with van der Waals surface area (Å²) in [5, 5.41) is 2.57. The van der Waals surface area contributed by atoms with E-state index in [-0.39, 0.29) is 12.1 Å². The van der Waals surface area contributed by atoms with Crippen molar-refractivity contribution in [3.8, 4) is 0 Å². The lowest BCUT2D eigenvalue weighted by Gasteiger charge is -2.10. The van der Waals surface area contributed by atoms with E-state index in [1.165, 1.54) is 7.11 Å². The monoisotopic (exact) mass is 186 g/mol. The van der Waals surface area contributed by atoms with Crippen molar-refractivity contribution in [2.24, 2.45) is 5.73 Å². The van der Waals surface area contributed by atoms with Crippen LogP contribution >= 0.6 is 0 Å². The smallest absolute Gasteiger partial charge is 0.396 e. The molecular formula is C8H14N2O3. The first-order valence-corrected chi connectivity index (χ1v) is 4.28. The van der Waals surface area contributed by atoms with Crippen molar-refractivity contribution in [3.05, 3.63) is 0 Å². The highest BCUT2D eigenvalue weighted by Gasteiger charge is 2.25. The molecule has 5 nitrogen and oxygen atoms in total. The van der Waals surface area contributed by atoms with Crippen LogP contribution < -0.4 is 11.1 Å². The topological polar surface area (TPSA) is 81.4 Å². The quantitative estimate of drug-likeness (QED) is 0.413. The second-order valence-electron chi connectivity index (χ2n) is 3.24. The zero-order chi connectivity index (χ0) is 9.84. The first-order chi connectivity index (χ1) is 6.13. The second-order valence-corrected chi connectivity index (χ2v) is 3.24. The van der Waals surface area contributed by atoms with E-state index in [4.69, 9.17) is 5.73 Å². The van der Waals surface area contributed by atoms with E-state index in [1.807, 2.05) is 0 Å². The van der Waals surface area contributed by atoms with Crippen molar-refractivity contribution in [1.29, 1.82) is 0 Å². The standard InChI is InChI=1S/C8H14N2O3/c1-13-8(12)7(11)10-6-3-2-5(9)4-6/h5-6H,2-4,9H2,1H3,(H,10,11)/t5-,6+/m0/s1. The van der Waals surface area contributed by atoms with Gasteiger partial charge in [-0.3, -0.25) is 4.79 Å². The maximum absolute atomic E-state index is 11.0. The van der Waals surface area contributed by atoms with Gasteiger partial charge in [0.1, 0.15) is 0 Å². The molecule has 1 aliphatic carbocycles. The molecule has 0 aromatic heterocycles. The maximum atomic E-state index is 11.0. The summed E-state index contributed by atoms with van der Waals surface area (Å²) in [4.78, 5) is 21.7. The van der Waals surface area contributed by atoms with Gasteiger partial charge in [-0.05, 0) is 19.3 Å². The molecule has 0 radical (unpaired) electrons. The van der Waals surface area contributed by atoms with Gasteiger partial charge in [0.25, 0.3) is 0 Å². The Kier molecular flexibility index (Phi) is 3.25. The molecule has 0 spiro atoms. The summed E-state index contributed by atoms with van der Waals surface area (Å²) in [6.07, 6.45) is 2.47. The number of amides is 1. The zero-order valence-electron chi connectivity index (χ0n) is 7.58. The van der Waals surface area contributed by atoms with Gasteiger partial charge in [0.05, 0.1) is 7.11 Å². The van der Waals surface area contributed by atoms with Crippen molar-refractivity contribution in [3.63, 3.8) is 0 Å². The molecule has 3 N–H and O–H groups in total. The zero-order valence-corrected chi connectivity index (χ0v) is 7.58. The van der Waals surface area contributed by atoms with Gasteiger partial charge in [-0.2, -0.15) is 0 Å². The van der Waals surface area contributed by atoms with Crippen LogP contribution in [0, 0.1) is 0 Å². The van der Waals surface area contributed by atoms with Crippen LogP contribution in [0.25, 0.3) is 0 Å².